The van der Waals surface area contributed by atoms with Crippen LogP contribution in [-0.2, 0) is 0 Å². The fraction of sp³-hybridized carbons (Fsp3) is 0.182. The minimum Gasteiger partial charge on any atom is -0.504 e. The molecule has 1 heterocycles. The van der Waals surface area contributed by atoms with Gasteiger partial charge in [-0.05, 0) is 24.4 Å². The molecule has 0 amide bonds. The van der Waals surface area contributed by atoms with Gasteiger partial charge >= 0.3 is 5.97 Å². The topological polar surface area (TPSA) is 66.8 Å². The Labute approximate surface area is 95.7 Å². The predicted molar refractivity (Wildman–Crippen MR) is 61.6 cm³/mol. The van der Waals surface area contributed by atoms with Gasteiger partial charge in [0.05, 0.1) is 6.61 Å². The van der Waals surface area contributed by atoms with E-state index < -0.39 is 5.97 Å². The molecule has 0 aliphatic carbocycles. The normalized spacial score (nSPS) is 10.6. The van der Waals surface area contributed by atoms with E-state index in [0.29, 0.717) is 17.7 Å². The van der Waals surface area contributed by atoms with Gasteiger partial charge in [0.2, 0.25) is 0 Å². The van der Waals surface area contributed by atoms with Gasteiger partial charge in [-0.15, -0.1) is 11.3 Å². The third-order valence-electron chi connectivity index (χ3n) is 2.11. The Bertz CT molecular complexity index is 544. The molecule has 84 valence electrons. The maximum atomic E-state index is 10.8. The number of hydrogen-bond acceptors (Lipinski definition) is 4. The van der Waals surface area contributed by atoms with Gasteiger partial charge in [0, 0.05) is 10.8 Å². The summed E-state index contributed by atoms with van der Waals surface area (Å²) in [7, 11) is 0. The van der Waals surface area contributed by atoms with Gasteiger partial charge in [0.1, 0.15) is 4.88 Å². The second-order valence-corrected chi connectivity index (χ2v) is 4.29. The first-order valence-electron chi connectivity index (χ1n) is 4.74. The molecule has 2 N–H and O–H groups in total. The van der Waals surface area contributed by atoms with Crippen LogP contribution in [0.15, 0.2) is 18.2 Å². The van der Waals surface area contributed by atoms with Gasteiger partial charge in [-0.1, -0.05) is 0 Å². The van der Waals surface area contributed by atoms with E-state index in [1.54, 1.807) is 6.07 Å². The molecule has 16 heavy (non-hydrogen) atoms. The smallest absolute Gasteiger partial charge is 0.345 e. The summed E-state index contributed by atoms with van der Waals surface area (Å²) in [5.41, 5.74) is 0. The monoisotopic (exact) mass is 238 g/mol. The number of phenols is 1. The first kappa shape index (κ1) is 10.8. The Morgan fingerprint density at radius 2 is 2.19 bits per heavy atom. The molecule has 0 unspecified atom stereocenters. The van der Waals surface area contributed by atoms with Crippen molar-refractivity contribution in [3.8, 4) is 11.5 Å². The minimum atomic E-state index is -0.960. The molecule has 5 heteroatoms. The van der Waals surface area contributed by atoms with Crippen LogP contribution in [0.2, 0.25) is 0 Å². The summed E-state index contributed by atoms with van der Waals surface area (Å²) in [5, 5.41) is 19.2. The average molecular weight is 238 g/mol. The van der Waals surface area contributed by atoms with Gasteiger partial charge < -0.3 is 14.9 Å². The van der Waals surface area contributed by atoms with E-state index in [4.69, 9.17) is 9.84 Å². The van der Waals surface area contributed by atoms with Crippen molar-refractivity contribution in [2.24, 2.45) is 0 Å². The van der Waals surface area contributed by atoms with Crippen LogP contribution in [0.5, 0.6) is 11.5 Å². The van der Waals surface area contributed by atoms with Crippen molar-refractivity contribution in [3.63, 3.8) is 0 Å². The van der Waals surface area contributed by atoms with Gasteiger partial charge in [-0.25, -0.2) is 4.79 Å². The van der Waals surface area contributed by atoms with Gasteiger partial charge in [-0.3, -0.25) is 0 Å². The SMILES string of the molecule is CCOc1cc2sc(C(=O)O)cc2cc1O. The van der Waals surface area contributed by atoms with E-state index in [0.717, 1.165) is 16.0 Å². The van der Waals surface area contributed by atoms with Crippen LogP contribution in [0.25, 0.3) is 10.1 Å². The van der Waals surface area contributed by atoms with Crippen molar-refractivity contribution < 1.29 is 19.7 Å². The Hall–Kier alpha value is -1.75. The van der Waals surface area contributed by atoms with Crippen molar-refractivity contribution in [1.29, 1.82) is 0 Å². The van der Waals surface area contributed by atoms with Crippen molar-refractivity contribution in [3.05, 3.63) is 23.1 Å². The lowest BCUT2D eigenvalue weighted by Crippen LogP contribution is -1.90. The predicted octanol–water partition coefficient (Wildman–Crippen LogP) is 2.70. The number of thiophene rings is 1. The molecule has 0 atom stereocenters. The number of carbonyl (C=O) groups is 1. The largest absolute Gasteiger partial charge is 0.504 e. The quantitative estimate of drug-likeness (QED) is 0.862. The fourth-order valence-corrected chi connectivity index (χ4v) is 2.34. The number of aromatic hydroxyl groups is 1. The summed E-state index contributed by atoms with van der Waals surface area (Å²) >= 11 is 1.16. The second kappa shape index (κ2) is 4.02. The molecule has 4 nitrogen and oxygen atoms in total. The number of phenolic OH excluding ortho intramolecular Hbond substituents is 1. The van der Waals surface area contributed by atoms with Gasteiger partial charge in [0.15, 0.2) is 11.5 Å². The molecule has 2 aromatic rings. The van der Waals surface area contributed by atoms with E-state index in [1.165, 1.54) is 12.1 Å². The highest BCUT2D eigenvalue weighted by Gasteiger charge is 2.11. The number of carboxylic acids is 1. The van der Waals surface area contributed by atoms with Crippen molar-refractivity contribution in [2.45, 2.75) is 6.92 Å². The molecule has 0 aliphatic heterocycles. The molecule has 1 aromatic heterocycles. The van der Waals surface area contributed by atoms with E-state index in [2.05, 4.69) is 0 Å². The van der Waals surface area contributed by atoms with Crippen molar-refractivity contribution in [2.75, 3.05) is 6.61 Å². The molecule has 0 aliphatic rings. The maximum absolute atomic E-state index is 10.8. The first-order chi connectivity index (χ1) is 7.61. The lowest BCUT2D eigenvalue weighted by Gasteiger charge is -2.04. The third-order valence-corrected chi connectivity index (χ3v) is 3.19. The molecule has 2 rings (SSSR count). The summed E-state index contributed by atoms with van der Waals surface area (Å²) in [6, 6.07) is 4.71. The summed E-state index contributed by atoms with van der Waals surface area (Å²) in [5.74, 6) is -0.545. The fourth-order valence-electron chi connectivity index (χ4n) is 1.43. The Kier molecular flexibility index (Phi) is 2.70. The number of carboxylic acid groups (broad SMARTS) is 1. The summed E-state index contributed by atoms with van der Waals surface area (Å²) in [6.07, 6.45) is 0. The van der Waals surface area contributed by atoms with E-state index >= 15 is 0 Å². The first-order valence-corrected chi connectivity index (χ1v) is 5.56. The standard InChI is InChI=1S/C11H10O4S/c1-2-15-8-5-9-6(3-7(8)12)4-10(16-9)11(13)14/h3-5,12H,2H2,1H3,(H,13,14). The number of ether oxygens (including phenoxy) is 1. The highest BCUT2D eigenvalue weighted by molar-refractivity contribution is 7.20. The number of fused-ring (bicyclic) bond motifs is 1. The third kappa shape index (κ3) is 1.81. The zero-order chi connectivity index (χ0) is 11.7. The molecule has 0 bridgehead atoms. The molecule has 0 spiro atoms. The van der Waals surface area contributed by atoms with E-state index in [9.17, 15) is 9.90 Å². The van der Waals surface area contributed by atoms with Gasteiger partial charge in [0.25, 0.3) is 0 Å². The van der Waals surface area contributed by atoms with E-state index in [-0.39, 0.29) is 10.6 Å². The Morgan fingerprint density at radius 3 is 2.81 bits per heavy atom. The highest BCUT2D eigenvalue weighted by atomic mass is 32.1. The summed E-state index contributed by atoms with van der Waals surface area (Å²) < 4.78 is 6.01. The molecule has 0 radical (unpaired) electrons. The number of rotatable bonds is 3. The van der Waals surface area contributed by atoms with Crippen LogP contribution < -0.4 is 4.74 Å². The molecular weight excluding hydrogens is 228 g/mol. The minimum absolute atomic E-state index is 0.0316. The molecule has 1 aromatic carbocycles. The van der Waals surface area contributed by atoms with Crippen LogP contribution in [0.3, 0.4) is 0 Å². The lowest BCUT2D eigenvalue weighted by atomic mass is 10.2. The summed E-state index contributed by atoms with van der Waals surface area (Å²) in [4.78, 5) is 11.0. The van der Waals surface area contributed by atoms with Crippen LogP contribution in [0.4, 0.5) is 0 Å². The molecule has 0 saturated heterocycles. The van der Waals surface area contributed by atoms with Gasteiger partial charge in [-0.2, -0.15) is 0 Å². The van der Waals surface area contributed by atoms with Crippen LogP contribution in [-0.4, -0.2) is 22.8 Å². The zero-order valence-corrected chi connectivity index (χ0v) is 9.37. The van der Waals surface area contributed by atoms with E-state index in [1.807, 2.05) is 6.92 Å². The Balaban J connectivity index is 2.56. The van der Waals surface area contributed by atoms with Crippen LogP contribution in [0, 0.1) is 0 Å². The maximum Gasteiger partial charge on any atom is 0.345 e. The molecule has 0 fully saturated rings. The lowest BCUT2D eigenvalue weighted by molar-refractivity contribution is 0.0702. The van der Waals surface area contributed by atoms with Crippen LogP contribution in [0.1, 0.15) is 16.6 Å². The second-order valence-electron chi connectivity index (χ2n) is 3.21. The average Bonchev–Trinajstić information content (AvgIpc) is 2.61. The zero-order valence-electron chi connectivity index (χ0n) is 8.56. The number of hydrogen-bond donors (Lipinski definition) is 2. The van der Waals surface area contributed by atoms with Crippen molar-refractivity contribution in [1.82, 2.24) is 0 Å². The molecule has 0 saturated carbocycles. The molecular formula is C11H10O4S. The van der Waals surface area contributed by atoms with Crippen LogP contribution >= 0.6 is 11.3 Å². The highest BCUT2D eigenvalue weighted by Crippen LogP contribution is 2.35. The summed E-state index contributed by atoms with van der Waals surface area (Å²) in [6.45, 7) is 2.27. The Morgan fingerprint density at radius 1 is 1.44 bits per heavy atom. The number of benzene rings is 1. The van der Waals surface area contributed by atoms with Crippen molar-refractivity contribution >= 4 is 27.4 Å². The number of aromatic carboxylic acids is 1.